The van der Waals surface area contributed by atoms with Gasteiger partial charge in [0.2, 0.25) is 0 Å². The van der Waals surface area contributed by atoms with E-state index in [1.807, 2.05) is 0 Å². The zero-order valence-corrected chi connectivity index (χ0v) is 10.4. The molecule has 3 atom stereocenters. The van der Waals surface area contributed by atoms with Crippen molar-refractivity contribution in [2.75, 3.05) is 13.2 Å². The molecule has 1 spiro atoms. The fraction of sp³-hybridized carbons (Fsp3) is 1.00. The van der Waals surface area contributed by atoms with Crippen LogP contribution in [0.2, 0.25) is 0 Å². The molecule has 1 N–H and O–H groups in total. The maximum atomic E-state index is 8.72. The Labute approximate surface area is 98.1 Å². The minimum Gasteiger partial charge on any atom is -0.394 e. The number of hydrogen-bond acceptors (Lipinski definition) is 3. The average Bonchev–Trinajstić information content (AvgIpc) is 2.84. The molecule has 0 aromatic rings. The van der Waals surface area contributed by atoms with E-state index >= 15 is 0 Å². The molecule has 0 radical (unpaired) electrons. The summed E-state index contributed by atoms with van der Waals surface area (Å²) in [5.41, 5.74) is 0.106. The van der Waals surface area contributed by atoms with Gasteiger partial charge in [0.1, 0.15) is 0 Å². The summed E-state index contributed by atoms with van der Waals surface area (Å²) in [5.74, 6) is 1.58. The first-order valence-electron chi connectivity index (χ1n) is 6.55. The van der Waals surface area contributed by atoms with Gasteiger partial charge in [-0.25, -0.2) is 0 Å². The van der Waals surface area contributed by atoms with Crippen molar-refractivity contribution in [1.29, 1.82) is 0 Å². The summed E-state index contributed by atoms with van der Waals surface area (Å²) in [5, 5.41) is 8.72. The third kappa shape index (κ3) is 2.58. The predicted molar refractivity (Wildman–Crippen MR) is 62.1 cm³/mol. The van der Waals surface area contributed by atoms with Crippen LogP contribution in [0, 0.1) is 11.8 Å². The highest BCUT2D eigenvalue weighted by Crippen LogP contribution is 2.48. The van der Waals surface area contributed by atoms with E-state index in [9.17, 15) is 0 Å². The van der Waals surface area contributed by atoms with Gasteiger partial charge in [0, 0.05) is 6.42 Å². The summed E-state index contributed by atoms with van der Waals surface area (Å²) in [6.45, 7) is 5.09. The van der Waals surface area contributed by atoms with Crippen molar-refractivity contribution in [3.05, 3.63) is 0 Å². The fourth-order valence-electron chi connectivity index (χ4n) is 3.11. The molecule has 3 unspecified atom stereocenters. The van der Waals surface area contributed by atoms with Crippen molar-refractivity contribution < 1.29 is 14.6 Å². The molecule has 1 aliphatic heterocycles. The van der Waals surface area contributed by atoms with Gasteiger partial charge in [0.25, 0.3) is 0 Å². The molecule has 3 nitrogen and oxygen atoms in total. The highest BCUT2D eigenvalue weighted by Gasteiger charge is 2.46. The molecule has 0 aromatic heterocycles. The van der Waals surface area contributed by atoms with Crippen LogP contribution < -0.4 is 0 Å². The number of aliphatic hydroxyl groups is 1. The predicted octanol–water partition coefficient (Wildman–Crippen LogP) is 2.33. The van der Waals surface area contributed by atoms with Crippen LogP contribution in [0.15, 0.2) is 0 Å². The molecule has 1 saturated carbocycles. The Kier molecular flexibility index (Phi) is 3.88. The second-order valence-corrected chi connectivity index (χ2v) is 5.61. The maximum absolute atomic E-state index is 8.72. The van der Waals surface area contributed by atoms with E-state index in [-0.39, 0.29) is 18.5 Å². The van der Waals surface area contributed by atoms with Crippen LogP contribution in [0.1, 0.15) is 46.0 Å². The van der Waals surface area contributed by atoms with E-state index in [4.69, 9.17) is 14.6 Å². The molecule has 0 bridgehead atoms. The Balaban J connectivity index is 1.83. The fourth-order valence-corrected chi connectivity index (χ4v) is 3.11. The molecule has 2 rings (SSSR count). The van der Waals surface area contributed by atoms with Crippen LogP contribution in [-0.2, 0) is 9.47 Å². The number of hydrogen-bond donors (Lipinski definition) is 1. The van der Waals surface area contributed by atoms with Crippen molar-refractivity contribution in [2.24, 2.45) is 11.8 Å². The monoisotopic (exact) mass is 228 g/mol. The number of rotatable bonds is 4. The third-order valence-electron chi connectivity index (χ3n) is 4.16. The highest BCUT2D eigenvalue weighted by molar-refractivity contribution is 4.95. The first-order valence-corrected chi connectivity index (χ1v) is 6.55. The standard InChI is InChI=1S/C13H24O3/c1-10(2)11-3-5-13(9-11)6-4-12(16-13)15-8-7-14/h10-12,14H,3-9H2,1-2H3. The number of ether oxygens (including phenoxy) is 2. The Morgan fingerprint density at radius 3 is 2.75 bits per heavy atom. The van der Waals surface area contributed by atoms with Crippen LogP contribution in [-0.4, -0.2) is 30.2 Å². The van der Waals surface area contributed by atoms with Crippen molar-refractivity contribution >= 4 is 0 Å². The zero-order chi connectivity index (χ0) is 11.6. The quantitative estimate of drug-likeness (QED) is 0.802. The van der Waals surface area contributed by atoms with E-state index in [0.717, 1.165) is 24.7 Å². The lowest BCUT2D eigenvalue weighted by atomic mass is 9.91. The van der Waals surface area contributed by atoms with Gasteiger partial charge in [-0.3, -0.25) is 0 Å². The molecule has 0 amide bonds. The molecule has 1 heterocycles. The summed E-state index contributed by atoms with van der Waals surface area (Å²) in [6.07, 6.45) is 5.73. The summed E-state index contributed by atoms with van der Waals surface area (Å²) in [4.78, 5) is 0. The second-order valence-electron chi connectivity index (χ2n) is 5.61. The van der Waals surface area contributed by atoms with Gasteiger partial charge in [-0.2, -0.15) is 0 Å². The lowest BCUT2D eigenvalue weighted by molar-refractivity contribution is -0.171. The van der Waals surface area contributed by atoms with E-state index < -0.39 is 0 Å². The van der Waals surface area contributed by atoms with Gasteiger partial charge in [-0.1, -0.05) is 13.8 Å². The van der Waals surface area contributed by atoms with Gasteiger partial charge in [-0.15, -0.1) is 0 Å². The molecule has 2 fully saturated rings. The van der Waals surface area contributed by atoms with Crippen molar-refractivity contribution in [1.82, 2.24) is 0 Å². The molecule has 3 heteroatoms. The van der Waals surface area contributed by atoms with Crippen LogP contribution in [0.25, 0.3) is 0 Å². The normalized spacial score (nSPS) is 39.0. The van der Waals surface area contributed by atoms with E-state index in [2.05, 4.69) is 13.8 Å². The molecule has 1 saturated heterocycles. The first-order chi connectivity index (χ1) is 7.65. The summed E-state index contributed by atoms with van der Waals surface area (Å²) in [7, 11) is 0. The third-order valence-corrected chi connectivity index (χ3v) is 4.16. The summed E-state index contributed by atoms with van der Waals surface area (Å²) >= 11 is 0. The SMILES string of the molecule is CC(C)C1CCC2(CCC(OCCO)O2)C1. The van der Waals surface area contributed by atoms with Crippen molar-refractivity contribution in [2.45, 2.75) is 57.8 Å². The van der Waals surface area contributed by atoms with E-state index in [1.54, 1.807) is 0 Å². The van der Waals surface area contributed by atoms with E-state index in [1.165, 1.54) is 19.3 Å². The lowest BCUT2D eigenvalue weighted by Crippen LogP contribution is -2.27. The lowest BCUT2D eigenvalue weighted by Gasteiger charge is -2.25. The van der Waals surface area contributed by atoms with Crippen LogP contribution in [0.5, 0.6) is 0 Å². The Bertz CT molecular complexity index is 229. The van der Waals surface area contributed by atoms with Gasteiger partial charge in [0.15, 0.2) is 6.29 Å². The highest BCUT2D eigenvalue weighted by atomic mass is 16.7. The average molecular weight is 228 g/mol. The molecule has 0 aromatic carbocycles. The number of aliphatic hydroxyl groups excluding tert-OH is 1. The van der Waals surface area contributed by atoms with Gasteiger partial charge < -0.3 is 14.6 Å². The molecule has 94 valence electrons. The largest absolute Gasteiger partial charge is 0.394 e. The smallest absolute Gasteiger partial charge is 0.158 e. The van der Waals surface area contributed by atoms with Crippen LogP contribution in [0.4, 0.5) is 0 Å². The Morgan fingerprint density at radius 2 is 2.12 bits per heavy atom. The molecule has 1 aliphatic carbocycles. The van der Waals surface area contributed by atoms with Crippen molar-refractivity contribution in [3.8, 4) is 0 Å². The van der Waals surface area contributed by atoms with Gasteiger partial charge in [0.05, 0.1) is 18.8 Å². The van der Waals surface area contributed by atoms with Gasteiger partial charge >= 0.3 is 0 Å². The second kappa shape index (κ2) is 5.03. The van der Waals surface area contributed by atoms with Crippen LogP contribution in [0.3, 0.4) is 0 Å². The Morgan fingerprint density at radius 1 is 1.38 bits per heavy atom. The topological polar surface area (TPSA) is 38.7 Å². The minimum atomic E-state index is -0.0712. The maximum Gasteiger partial charge on any atom is 0.158 e. The van der Waals surface area contributed by atoms with E-state index in [0.29, 0.717) is 6.61 Å². The summed E-state index contributed by atoms with van der Waals surface area (Å²) < 4.78 is 11.5. The first kappa shape index (κ1) is 12.3. The molecule has 16 heavy (non-hydrogen) atoms. The van der Waals surface area contributed by atoms with Crippen molar-refractivity contribution in [3.63, 3.8) is 0 Å². The molecular formula is C13H24O3. The van der Waals surface area contributed by atoms with Crippen LogP contribution >= 0.6 is 0 Å². The van der Waals surface area contributed by atoms with Gasteiger partial charge in [-0.05, 0) is 37.5 Å². The zero-order valence-electron chi connectivity index (χ0n) is 10.4. The molecule has 2 aliphatic rings. The summed E-state index contributed by atoms with van der Waals surface area (Å²) in [6, 6.07) is 0. The minimum absolute atomic E-state index is 0.0712. The Hall–Kier alpha value is -0.120. The molecular weight excluding hydrogens is 204 g/mol.